The van der Waals surface area contributed by atoms with Gasteiger partial charge in [-0.25, -0.2) is 0 Å². The van der Waals surface area contributed by atoms with Crippen molar-refractivity contribution in [2.45, 2.75) is 26.2 Å². The summed E-state index contributed by atoms with van der Waals surface area (Å²) in [7, 11) is 0. The molecule has 4 nitrogen and oxygen atoms in total. The molecule has 0 spiro atoms. The van der Waals surface area contributed by atoms with E-state index in [9.17, 15) is 13.9 Å². The highest BCUT2D eigenvalue weighted by Gasteiger charge is 2.45. The zero-order valence-corrected chi connectivity index (χ0v) is 10.1. The minimum absolute atomic E-state index is 0.0401. The Balaban J connectivity index is 2.41. The average Bonchev–Trinajstić information content (AvgIpc) is 2.61. The first-order chi connectivity index (χ1) is 8.27. The van der Waals surface area contributed by atoms with Crippen LogP contribution in [0.3, 0.4) is 0 Å². The van der Waals surface area contributed by atoms with Crippen LogP contribution in [0.2, 0.25) is 0 Å². The van der Waals surface area contributed by atoms with Gasteiger partial charge < -0.3 is 20.3 Å². The molecule has 3 N–H and O–H groups in total. The number of rotatable bonds is 3. The number of alkyl halides is 2. The summed E-state index contributed by atoms with van der Waals surface area (Å²) in [5, 5.41) is 9.28. The maximum absolute atomic E-state index is 13.0. The Kier molecular flexibility index (Phi) is 2.95. The minimum atomic E-state index is -3.67. The molecule has 1 heterocycles. The topological polar surface area (TPSA) is 64.7 Å². The number of ether oxygens (including phenoxy) is 2. The van der Waals surface area contributed by atoms with E-state index >= 15 is 0 Å². The van der Waals surface area contributed by atoms with Gasteiger partial charge in [0.25, 0.3) is 0 Å². The van der Waals surface area contributed by atoms with E-state index in [0.29, 0.717) is 5.56 Å². The second kappa shape index (κ2) is 4.07. The molecule has 1 aromatic carbocycles. The molecule has 0 aromatic heterocycles. The van der Waals surface area contributed by atoms with Gasteiger partial charge in [0.15, 0.2) is 11.5 Å². The van der Waals surface area contributed by atoms with E-state index in [1.54, 1.807) is 26.0 Å². The third kappa shape index (κ3) is 2.13. The van der Waals surface area contributed by atoms with Crippen molar-refractivity contribution in [1.82, 2.24) is 0 Å². The summed E-state index contributed by atoms with van der Waals surface area (Å²) in [6, 6.07) is 3.89. The van der Waals surface area contributed by atoms with Crippen LogP contribution >= 0.6 is 0 Å². The largest absolute Gasteiger partial charge is 0.586 e. The highest BCUT2D eigenvalue weighted by molar-refractivity contribution is 5.50. The van der Waals surface area contributed by atoms with Gasteiger partial charge in [-0.2, -0.15) is 0 Å². The molecule has 18 heavy (non-hydrogen) atoms. The van der Waals surface area contributed by atoms with Crippen molar-refractivity contribution >= 4 is 0 Å². The summed E-state index contributed by atoms with van der Waals surface area (Å²) in [5.41, 5.74) is 5.74. The number of hydrogen-bond acceptors (Lipinski definition) is 4. The molecule has 0 radical (unpaired) electrons. The molecule has 100 valence electrons. The fourth-order valence-corrected chi connectivity index (χ4v) is 1.75. The van der Waals surface area contributed by atoms with Gasteiger partial charge in [-0.3, -0.25) is 0 Å². The van der Waals surface area contributed by atoms with Crippen molar-refractivity contribution in [3.8, 4) is 11.5 Å². The van der Waals surface area contributed by atoms with Crippen LogP contribution in [-0.2, 0) is 0 Å². The molecule has 0 bridgehead atoms. The fraction of sp³-hybridized carbons (Fsp3) is 0.500. The maximum Gasteiger partial charge on any atom is 0.586 e. The van der Waals surface area contributed by atoms with Gasteiger partial charge in [0.2, 0.25) is 0 Å². The van der Waals surface area contributed by atoms with Gasteiger partial charge in [-0.1, -0.05) is 26.0 Å². The summed E-state index contributed by atoms with van der Waals surface area (Å²) in [5.74, 6) is -0.0989. The first kappa shape index (κ1) is 13.0. The van der Waals surface area contributed by atoms with Gasteiger partial charge in [-0.15, -0.1) is 8.78 Å². The lowest BCUT2D eigenvalue weighted by Gasteiger charge is -2.30. The molecule has 0 fully saturated rings. The molecule has 0 unspecified atom stereocenters. The number of halogens is 2. The molecule has 0 amide bonds. The second-order valence-electron chi connectivity index (χ2n) is 4.97. The first-order valence-corrected chi connectivity index (χ1v) is 5.52. The second-order valence-corrected chi connectivity index (χ2v) is 4.97. The van der Waals surface area contributed by atoms with Crippen LogP contribution in [0.5, 0.6) is 11.5 Å². The molecular formula is C12H15F2NO3. The fourth-order valence-electron chi connectivity index (χ4n) is 1.75. The first-order valence-electron chi connectivity index (χ1n) is 5.52. The van der Waals surface area contributed by atoms with Crippen molar-refractivity contribution in [3.63, 3.8) is 0 Å². The Morgan fingerprint density at radius 2 is 2.06 bits per heavy atom. The average molecular weight is 259 g/mol. The molecule has 0 saturated heterocycles. The predicted octanol–water partition coefficient (Wildman–Crippen LogP) is 2.03. The number of fused-ring (bicyclic) bond motifs is 1. The Morgan fingerprint density at radius 3 is 2.67 bits per heavy atom. The number of benzene rings is 1. The smallest absolute Gasteiger partial charge is 0.396 e. The summed E-state index contributed by atoms with van der Waals surface area (Å²) < 4.78 is 34.9. The minimum Gasteiger partial charge on any atom is -0.396 e. The molecule has 6 heteroatoms. The Morgan fingerprint density at radius 1 is 1.39 bits per heavy atom. The number of para-hydroxylation sites is 1. The third-order valence-electron chi connectivity index (χ3n) is 3.04. The van der Waals surface area contributed by atoms with Crippen LogP contribution in [0.15, 0.2) is 18.2 Å². The third-order valence-corrected chi connectivity index (χ3v) is 3.04. The summed E-state index contributed by atoms with van der Waals surface area (Å²) in [4.78, 5) is 0. The van der Waals surface area contributed by atoms with Gasteiger partial charge in [0.05, 0.1) is 0 Å². The lowest BCUT2D eigenvalue weighted by atomic mass is 9.81. The van der Waals surface area contributed by atoms with Crippen LogP contribution in [0.4, 0.5) is 8.78 Å². The highest BCUT2D eigenvalue weighted by atomic mass is 19.3. The van der Waals surface area contributed by atoms with Crippen molar-refractivity contribution in [2.75, 3.05) is 6.61 Å². The molecule has 1 aromatic rings. The van der Waals surface area contributed by atoms with Gasteiger partial charge >= 0.3 is 6.29 Å². The Hall–Kier alpha value is -1.40. The van der Waals surface area contributed by atoms with Gasteiger partial charge in [-0.05, 0) is 6.07 Å². The monoisotopic (exact) mass is 259 g/mol. The molecule has 0 aliphatic carbocycles. The van der Waals surface area contributed by atoms with Crippen molar-refractivity contribution in [1.29, 1.82) is 0 Å². The van der Waals surface area contributed by atoms with E-state index in [1.165, 1.54) is 6.07 Å². The van der Waals surface area contributed by atoms with Crippen molar-refractivity contribution < 1.29 is 23.4 Å². The van der Waals surface area contributed by atoms with E-state index in [-0.39, 0.29) is 18.1 Å². The van der Waals surface area contributed by atoms with Crippen LogP contribution in [0, 0.1) is 5.41 Å². The molecule has 1 aliphatic rings. The number of aliphatic hydroxyl groups is 1. The van der Waals surface area contributed by atoms with E-state index in [1.807, 2.05) is 0 Å². The predicted molar refractivity (Wildman–Crippen MR) is 60.4 cm³/mol. The zero-order chi connectivity index (χ0) is 13.6. The Labute approximate surface area is 103 Å². The maximum atomic E-state index is 13.0. The number of hydrogen-bond donors (Lipinski definition) is 2. The zero-order valence-electron chi connectivity index (χ0n) is 10.1. The summed E-state index contributed by atoms with van der Waals surface area (Å²) in [6.45, 7) is 3.31. The molecule has 0 saturated carbocycles. The van der Waals surface area contributed by atoms with Gasteiger partial charge in [0.1, 0.15) is 0 Å². The molecule has 1 aliphatic heterocycles. The van der Waals surface area contributed by atoms with Crippen molar-refractivity contribution in [3.05, 3.63) is 23.8 Å². The normalized spacial score (nSPS) is 18.8. The van der Waals surface area contributed by atoms with E-state index < -0.39 is 17.8 Å². The van der Waals surface area contributed by atoms with Crippen molar-refractivity contribution in [2.24, 2.45) is 11.1 Å². The van der Waals surface area contributed by atoms with E-state index in [2.05, 4.69) is 9.47 Å². The molecular weight excluding hydrogens is 244 g/mol. The van der Waals surface area contributed by atoms with Gasteiger partial charge in [0, 0.05) is 23.6 Å². The quantitative estimate of drug-likeness (QED) is 0.871. The summed E-state index contributed by atoms with van der Waals surface area (Å²) in [6.07, 6.45) is -3.67. The molecule has 1 atom stereocenters. The van der Waals surface area contributed by atoms with E-state index in [0.717, 1.165) is 0 Å². The van der Waals surface area contributed by atoms with E-state index in [4.69, 9.17) is 5.73 Å². The summed E-state index contributed by atoms with van der Waals surface area (Å²) >= 11 is 0. The highest BCUT2D eigenvalue weighted by Crippen LogP contribution is 2.47. The standard InChI is InChI=1S/C12H15F2NO3/c1-11(2,6-16)10(15)7-4-3-5-8-9(7)18-12(13,14)17-8/h3-5,10,16H,6,15H2,1-2H3/t10-/m1/s1. The number of nitrogens with two attached hydrogens (primary N) is 1. The lowest BCUT2D eigenvalue weighted by Crippen LogP contribution is -2.33. The van der Waals surface area contributed by atoms with Crippen LogP contribution < -0.4 is 15.2 Å². The lowest BCUT2D eigenvalue weighted by molar-refractivity contribution is -0.287. The van der Waals surface area contributed by atoms with Crippen LogP contribution in [-0.4, -0.2) is 18.0 Å². The molecule has 2 rings (SSSR count). The Bertz CT molecular complexity index is 463. The van der Waals surface area contributed by atoms with Crippen LogP contribution in [0.1, 0.15) is 25.5 Å². The SMILES string of the molecule is CC(C)(CO)[C@H](N)c1cccc2c1OC(F)(F)O2. The van der Waals surface area contributed by atoms with Crippen LogP contribution in [0.25, 0.3) is 0 Å². The number of aliphatic hydroxyl groups excluding tert-OH is 1.